The van der Waals surface area contributed by atoms with Crippen molar-refractivity contribution in [3.05, 3.63) is 204 Å². The zero-order valence-corrected chi connectivity index (χ0v) is 35.1. The molecular weight excluding hydrogens is 753 g/mol. The van der Waals surface area contributed by atoms with E-state index in [-0.39, 0.29) is 31.5 Å². The summed E-state index contributed by atoms with van der Waals surface area (Å²) in [4.78, 5) is 14.0. The highest BCUT2D eigenvalue weighted by atomic mass is 28.4. The number of benzene rings is 6. The van der Waals surface area contributed by atoms with Crippen LogP contribution in [-0.4, -0.2) is 58.0 Å². The Balaban J connectivity index is 1.30. The van der Waals surface area contributed by atoms with Crippen molar-refractivity contribution in [2.24, 2.45) is 0 Å². The lowest BCUT2D eigenvalue weighted by atomic mass is 9.94. The molecule has 304 valence electrons. The predicted octanol–water partition coefficient (Wildman–Crippen LogP) is 8.94. The summed E-state index contributed by atoms with van der Waals surface area (Å²) in [5.41, 5.74) is 3.42. The van der Waals surface area contributed by atoms with Crippen molar-refractivity contribution in [3.8, 4) is 0 Å². The Morgan fingerprint density at radius 1 is 0.508 bits per heavy atom. The van der Waals surface area contributed by atoms with Crippen molar-refractivity contribution < 1.29 is 32.9 Å². The first-order chi connectivity index (χ1) is 28.8. The van der Waals surface area contributed by atoms with E-state index >= 15 is 0 Å². The van der Waals surface area contributed by atoms with Gasteiger partial charge in [-0.25, -0.2) is 4.79 Å². The van der Waals surface area contributed by atoms with Gasteiger partial charge in [-0.15, -0.1) is 0 Å². The molecule has 0 aliphatic carbocycles. The maximum Gasteiger partial charge on any atom is 0.338 e. The van der Waals surface area contributed by atoms with Gasteiger partial charge in [0.25, 0.3) is 8.32 Å². The summed E-state index contributed by atoms with van der Waals surface area (Å²) in [5, 5.41) is 2.04. The SMILES string of the molecule is CC(C)(C)[Si](OC[C@@H]1O[C@H](COCc2ccccc2)[C@@H](OC(=O)c2ccccc2)[C@H](OCc2ccccc2)[C@H]1OCc1ccccc1)(c1ccccc1)c1ccccc1. The van der Waals surface area contributed by atoms with Gasteiger partial charge in [0.2, 0.25) is 0 Å². The molecule has 0 N–H and O–H groups in total. The maximum atomic E-state index is 14.0. The first kappa shape index (κ1) is 41.9. The van der Waals surface area contributed by atoms with Crippen molar-refractivity contribution in [2.45, 2.75) is 76.1 Å². The fourth-order valence-corrected chi connectivity index (χ4v) is 12.5. The van der Waals surface area contributed by atoms with Crippen LogP contribution in [0.4, 0.5) is 0 Å². The van der Waals surface area contributed by atoms with Crippen molar-refractivity contribution in [1.82, 2.24) is 0 Å². The smallest absolute Gasteiger partial charge is 0.338 e. The predicted molar refractivity (Wildman–Crippen MR) is 234 cm³/mol. The van der Waals surface area contributed by atoms with Gasteiger partial charge < -0.3 is 28.1 Å². The van der Waals surface area contributed by atoms with Crippen LogP contribution in [-0.2, 0) is 47.9 Å². The lowest BCUT2D eigenvalue weighted by molar-refractivity contribution is -0.264. The Bertz CT molecular complexity index is 2090. The van der Waals surface area contributed by atoms with E-state index in [1.54, 1.807) is 12.1 Å². The summed E-state index contributed by atoms with van der Waals surface area (Å²) in [6.45, 7) is 7.99. The van der Waals surface area contributed by atoms with Crippen LogP contribution in [0, 0.1) is 0 Å². The molecule has 1 aliphatic heterocycles. The first-order valence-electron chi connectivity index (χ1n) is 20.4. The number of esters is 1. The van der Waals surface area contributed by atoms with E-state index in [9.17, 15) is 4.79 Å². The summed E-state index contributed by atoms with van der Waals surface area (Å²) >= 11 is 0. The Morgan fingerprint density at radius 3 is 1.39 bits per heavy atom. The molecule has 0 amide bonds. The minimum atomic E-state index is -3.01. The molecule has 0 bridgehead atoms. The van der Waals surface area contributed by atoms with Crippen molar-refractivity contribution in [1.29, 1.82) is 0 Å². The van der Waals surface area contributed by atoms with E-state index in [0.717, 1.165) is 27.1 Å². The molecule has 0 radical (unpaired) electrons. The van der Waals surface area contributed by atoms with Gasteiger partial charge in [-0.05, 0) is 44.2 Å². The largest absolute Gasteiger partial charge is 0.453 e. The lowest BCUT2D eigenvalue weighted by Gasteiger charge is -2.48. The standard InChI is InChI=1S/C51H54O7Si/c1-51(2,3)59(43-30-18-8-19-31-43,44-32-20-9-21-33-44)56-38-46-47(54-35-40-24-12-5-13-25-40)49(55-36-41-26-14-6-15-27-41)48(58-50(52)42-28-16-7-17-29-42)45(57-46)37-53-34-39-22-10-4-11-23-39/h4-33,45-49H,34-38H2,1-3H3/t45-,46+,47+,48-,49-/m1/s1. The topological polar surface area (TPSA) is 72.5 Å². The second kappa shape index (κ2) is 20.2. The zero-order chi connectivity index (χ0) is 40.9. The molecule has 0 unspecified atom stereocenters. The number of carbonyl (C=O) groups excluding carboxylic acids is 1. The van der Waals surface area contributed by atoms with Gasteiger partial charge >= 0.3 is 5.97 Å². The normalized spacial score (nSPS) is 19.5. The van der Waals surface area contributed by atoms with E-state index in [1.165, 1.54) is 0 Å². The van der Waals surface area contributed by atoms with Crippen LogP contribution < -0.4 is 10.4 Å². The van der Waals surface area contributed by atoms with Crippen LogP contribution in [0.15, 0.2) is 182 Å². The first-order valence-corrected chi connectivity index (χ1v) is 22.3. The minimum Gasteiger partial charge on any atom is -0.453 e. The lowest BCUT2D eigenvalue weighted by Crippen LogP contribution is -2.68. The average molecular weight is 807 g/mol. The molecule has 7 nitrogen and oxygen atoms in total. The van der Waals surface area contributed by atoms with E-state index in [2.05, 4.69) is 69.3 Å². The molecule has 1 fully saturated rings. The molecule has 8 heteroatoms. The van der Waals surface area contributed by atoms with Crippen LogP contribution in [0.2, 0.25) is 5.04 Å². The van der Waals surface area contributed by atoms with Crippen molar-refractivity contribution in [2.75, 3.05) is 13.2 Å². The van der Waals surface area contributed by atoms with Crippen molar-refractivity contribution >= 4 is 24.7 Å². The number of rotatable bonds is 17. The summed E-state index contributed by atoms with van der Waals surface area (Å²) in [7, 11) is -3.01. The van der Waals surface area contributed by atoms with Crippen molar-refractivity contribution in [3.63, 3.8) is 0 Å². The summed E-state index contributed by atoms with van der Waals surface area (Å²) in [6.07, 6.45) is -3.74. The average Bonchev–Trinajstić information content (AvgIpc) is 3.28. The highest BCUT2D eigenvalue weighted by Crippen LogP contribution is 2.38. The van der Waals surface area contributed by atoms with Crippen LogP contribution >= 0.6 is 0 Å². The second-order valence-electron chi connectivity index (χ2n) is 15.9. The van der Waals surface area contributed by atoms with E-state index in [1.807, 2.05) is 121 Å². The molecule has 1 saturated heterocycles. The Kier molecular flexibility index (Phi) is 14.3. The summed E-state index contributed by atoms with van der Waals surface area (Å²) in [5.74, 6) is -0.482. The number of hydrogen-bond donors (Lipinski definition) is 0. The van der Waals surface area contributed by atoms with Gasteiger partial charge in [0.05, 0.1) is 38.6 Å². The minimum absolute atomic E-state index is 0.133. The maximum absolute atomic E-state index is 14.0. The van der Waals surface area contributed by atoms with Gasteiger partial charge in [-0.1, -0.05) is 191 Å². The Morgan fingerprint density at radius 2 is 0.915 bits per heavy atom. The quantitative estimate of drug-likeness (QED) is 0.0674. The molecule has 59 heavy (non-hydrogen) atoms. The number of carbonyl (C=O) groups is 1. The zero-order valence-electron chi connectivity index (χ0n) is 34.1. The van der Waals surface area contributed by atoms with E-state index in [0.29, 0.717) is 12.2 Å². The molecule has 0 saturated carbocycles. The van der Waals surface area contributed by atoms with Gasteiger partial charge in [-0.3, -0.25) is 0 Å². The molecule has 1 aliphatic rings. The van der Waals surface area contributed by atoms with Crippen LogP contribution in [0.3, 0.4) is 0 Å². The molecule has 0 spiro atoms. The molecule has 5 atom stereocenters. The van der Waals surface area contributed by atoms with Crippen LogP contribution in [0.25, 0.3) is 0 Å². The molecule has 7 rings (SSSR count). The van der Waals surface area contributed by atoms with Gasteiger partial charge in [0, 0.05) is 0 Å². The van der Waals surface area contributed by atoms with Gasteiger partial charge in [-0.2, -0.15) is 0 Å². The third-order valence-corrected chi connectivity index (χ3v) is 15.8. The number of ether oxygens (including phenoxy) is 5. The highest BCUT2D eigenvalue weighted by Gasteiger charge is 2.54. The Hall–Kier alpha value is -5.19. The van der Waals surface area contributed by atoms with Gasteiger partial charge in [0.1, 0.15) is 24.4 Å². The van der Waals surface area contributed by atoms with Crippen LogP contribution in [0.5, 0.6) is 0 Å². The third kappa shape index (κ3) is 10.5. The highest BCUT2D eigenvalue weighted by molar-refractivity contribution is 6.99. The molecule has 6 aromatic carbocycles. The van der Waals surface area contributed by atoms with E-state index in [4.69, 9.17) is 28.1 Å². The fourth-order valence-electron chi connectivity index (χ4n) is 7.93. The monoisotopic (exact) mass is 806 g/mol. The molecular formula is C51H54O7Si. The molecule has 6 aromatic rings. The summed E-state index contributed by atoms with van der Waals surface area (Å²) < 4.78 is 41.4. The van der Waals surface area contributed by atoms with Gasteiger partial charge in [0.15, 0.2) is 6.10 Å². The fraction of sp³-hybridized carbons (Fsp3) is 0.275. The summed E-state index contributed by atoms with van der Waals surface area (Å²) in [6, 6.07) is 60.2. The van der Waals surface area contributed by atoms with E-state index < -0.39 is 44.8 Å². The van der Waals surface area contributed by atoms with Crippen LogP contribution in [0.1, 0.15) is 47.8 Å². The second-order valence-corrected chi connectivity index (χ2v) is 20.3. The Labute approximate surface area is 350 Å². The molecule has 1 heterocycles. The number of hydrogen-bond acceptors (Lipinski definition) is 7. The third-order valence-electron chi connectivity index (χ3n) is 10.8. The molecule has 0 aromatic heterocycles.